The molecule has 3 heteroatoms. The fourth-order valence-corrected chi connectivity index (χ4v) is 9.95. The van der Waals surface area contributed by atoms with Crippen molar-refractivity contribution >= 4 is 18.8 Å². The van der Waals surface area contributed by atoms with E-state index in [2.05, 4.69) is 69.8 Å². The maximum Gasteiger partial charge on any atom is 0.272 e. The Morgan fingerprint density at radius 2 is 0.870 bits per heavy atom. The summed E-state index contributed by atoms with van der Waals surface area (Å²) in [7, 11) is -2.01. The summed E-state index contributed by atoms with van der Waals surface area (Å²) in [4.78, 5) is 0. The minimum atomic E-state index is -2.01. The lowest BCUT2D eigenvalue weighted by atomic mass is 10.4. The maximum absolute atomic E-state index is 2.86. The molecule has 2 aromatic rings. The summed E-state index contributed by atoms with van der Waals surface area (Å²) in [6.07, 6.45) is 5.40. The molecule has 2 aromatic carbocycles. The van der Waals surface area contributed by atoms with Gasteiger partial charge in [-0.2, -0.15) is 0 Å². The van der Waals surface area contributed by atoms with Gasteiger partial charge in [0.2, 0.25) is 0 Å². The molecule has 2 aliphatic heterocycles. The smallest absolute Gasteiger partial charge is 0.272 e. The average molecular weight is 323 g/mol. The molecular formula is C20H26N2Si. The third kappa shape index (κ3) is 2.57. The first-order chi connectivity index (χ1) is 11.4. The van der Waals surface area contributed by atoms with Gasteiger partial charge in [0.05, 0.1) is 0 Å². The molecule has 4 rings (SSSR count). The van der Waals surface area contributed by atoms with Crippen LogP contribution in [-0.2, 0) is 0 Å². The molecule has 2 heterocycles. The number of hydrogen-bond donors (Lipinski definition) is 0. The molecule has 0 atom stereocenters. The zero-order valence-corrected chi connectivity index (χ0v) is 14.8. The van der Waals surface area contributed by atoms with E-state index in [1.165, 1.54) is 51.9 Å². The van der Waals surface area contributed by atoms with E-state index in [4.69, 9.17) is 0 Å². The first kappa shape index (κ1) is 15.1. The van der Waals surface area contributed by atoms with Crippen molar-refractivity contribution < 1.29 is 0 Å². The summed E-state index contributed by atoms with van der Waals surface area (Å²) in [5.74, 6) is 0. The SMILES string of the molecule is c1ccc([Si](c2ccccc2)(N2CCCC2)N2CCCC2)cc1. The van der Waals surface area contributed by atoms with Crippen molar-refractivity contribution in [1.82, 2.24) is 9.13 Å². The Kier molecular flexibility index (Phi) is 4.34. The highest BCUT2D eigenvalue weighted by molar-refractivity contribution is 6.98. The van der Waals surface area contributed by atoms with Crippen LogP contribution in [-0.4, -0.2) is 43.7 Å². The Labute approximate surface area is 140 Å². The van der Waals surface area contributed by atoms with E-state index in [0.717, 1.165) is 0 Å². The van der Waals surface area contributed by atoms with Gasteiger partial charge in [0.1, 0.15) is 0 Å². The van der Waals surface area contributed by atoms with Gasteiger partial charge in [-0.15, -0.1) is 0 Å². The third-order valence-corrected chi connectivity index (χ3v) is 10.5. The Morgan fingerprint density at radius 1 is 0.522 bits per heavy atom. The zero-order valence-electron chi connectivity index (χ0n) is 13.8. The topological polar surface area (TPSA) is 6.48 Å². The Balaban J connectivity index is 1.92. The average Bonchev–Trinajstić information content (AvgIpc) is 3.32. The second-order valence-corrected chi connectivity index (χ2v) is 10.6. The van der Waals surface area contributed by atoms with Gasteiger partial charge < -0.3 is 9.13 Å². The minimum Gasteiger partial charge on any atom is -0.305 e. The highest BCUT2D eigenvalue weighted by Crippen LogP contribution is 2.25. The Morgan fingerprint density at radius 3 is 1.22 bits per heavy atom. The van der Waals surface area contributed by atoms with Crippen LogP contribution in [0.5, 0.6) is 0 Å². The summed E-state index contributed by atoms with van der Waals surface area (Å²) in [5.41, 5.74) is 0. The molecule has 2 saturated heterocycles. The molecule has 0 N–H and O–H groups in total. The molecule has 2 aliphatic rings. The number of hydrogen-bond acceptors (Lipinski definition) is 2. The van der Waals surface area contributed by atoms with E-state index in [-0.39, 0.29) is 0 Å². The van der Waals surface area contributed by atoms with Gasteiger partial charge in [0, 0.05) is 0 Å². The van der Waals surface area contributed by atoms with Gasteiger partial charge in [0.25, 0.3) is 8.40 Å². The van der Waals surface area contributed by atoms with Crippen molar-refractivity contribution in [1.29, 1.82) is 0 Å². The van der Waals surface area contributed by atoms with Crippen LogP contribution in [0.2, 0.25) is 0 Å². The first-order valence-electron chi connectivity index (χ1n) is 9.03. The molecule has 23 heavy (non-hydrogen) atoms. The van der Waals surface area contributed by atoms with Gasteiger partial charge in [-0.3, -0.25) is 0 Å². The first-order valence-corrected chi connectivity index (χ1v) is 10.9. The molecule has 2 nitrogen and oxygen atoms in total. The predicted molar refractivity (Wildman–Crippen MR) is 99.5 cm³/mol. The maximum atomic E-state index is 2.86. The second-order valence-electron chi connectivity index (χ2n) is 6.79. The van der Waals surface area contributed by atoms with Crippen LogP contribution >= 0.6 is 0 Å². The monoisotopic (exact) mass is 322 g/mol. The molecule has 0 spiro atoms. The normalized spacial score (nSPS) is 20.2. The van der Waals surface area contributed by atoms with E-state index in [1.807, 2.05) is 0 Å². The van der Waals surface area contributed by atoms with Gasteiger partial charge in [-0.05, 0) is 62.2 Å². The molecule has 0 saturated carbocycles. The van der Waals surface area contributed by atoms with Crippen LogP contribution in [0, 0.1) is 0 Å². The molecule has 0 bridgehead atoms. The van der Waals surface area contributed by atoms with Crippen LogP contribution in [0.3, 0.4) is 0 Å². The summed E-state index contributed by atoms with van der Waals surface area (Å²) in [6.45, 7) is 5.03. The van der Waals surface area contributed by atoms with Gasteiger partial charge >= 0.3 is 0 Å². The van der Waals surface area contributed by atoms with Crippen molar-refractivity contribution in [2.75, 3.05) is 26.2 Å². The van der Waals surface area contributed by atoms with Crippen molar-refractivity contribution in [3.8, 4) is 0 Å². The summed E-state index contributed by atoms with van der Waals surface area (Å²) < 4.78 is 5.73. The lowest BCUT2D eigenvalue weighted by molar-refractivity contribution is 0.419. The number of nitrogens with zero attached hydrogens (tertiary/aromatic N) is 2. The molecule has 0 aromatic heterocycles. The van der Waals surface area contributed by atoms with Crippen molar-refractivity contribution in [2.45, 2.75) is 25.7 Å². The molecule has 2 fully saturated rings. The van der Waals surface area contributed by atoms with Crippen molar-refractivity contribution in [3.63, 3.8) is 0 Å². The molecule has 120 valence electrons. The van der Waals surface area contributed by atoms with E-state index in [9.17, 15) is 0 Å². The highest BCUT2D eigenvalue weighted by atomic mass is 28.3. The molecule has 0 aliphatic carbocycles. The summed E-state index contributed by atoms with van der Waals surface area (Å²) in [5, 5.41) is 3.13. The van der Waals surface area contributed by atoms with Crippen molar-refractivity contribution in [3.05, 3.63) is 60.7 Å². The Bertz CT molecular complexity index is 559. The molecule has 0 unspecified atom stereocenters. The van der Waals surface area contributed by atoms with Crippen molar-refractivity contribution in [2.24, 2.45) is 0 Å². The van der Waals surface area contributed by atoms with Gasteiger partial charge in [-0.1, -0.05) is 60.7 Å². The van der Waals surface area contributed by atoms with Crippen LogP contribution in [0.1, 0.15) is 25.7 Å². The van der Waals surface area contributed by atoms with E-state index < -0.39 is 8.40 Å². The zero-order chi connectivity index (χ0) is 15.5. The number of rotatable bonds is 4. The second kappa shape index (κ2) is 6.60. The standard InChI is InChI=1S/C20H26N2Si/c1-3-11-19(12-4-1)23(21-15-7-8-16-21,22-17-9-10-18-22)20-13-5-2-6-14-20/h1-6,11-14H,7-10,15-18H2. The number of benzene rings is 2. The molecular weight excluding hydrogens is 296 g/mol. The highest BCUT2D eigenvalue weighted by Gasteiger charge is 2.50. The van der Waals surface area contributed by atoms with E-state index in [1.54, 1.807) is 10.4 Å². The fourth-order valence-electron chi connectivity index (χ4n) is 4.52. The van der Waals surface area contributed by atoms with Gasteiger partial charge in [0.15, 0.2) is 0 Å². The Hall–Kier alpha value is -1.42. The lowest BCUT2D eigenvalue weighted by Crippen LogP contribution is -2.78. The summed E-state index contributed by atoms with van der Waals surface area (Å²) >= 11 is 0. The van der Waals surface area contributed by atoms with Crippen LogP contribution in [0.15, 0.2) is 60.7 Å². The fraction of sp³-hybridized carbons (Fsp3) is 0.400. The van der Waals surface area contributed by atoms with Crippen LogP contribution in [0.25, 0.3) is 0 Å². The van der Waals surface area contributed by atoms with Crippen LogP contribution in [0.4, 0.5) is 0 Å². The summed E-state index contributed by atoms with van der Waals surface area (Å²) in [6, 6.07) is 22.8. The van der Waals surface area contributed by atoms with Crippen LogP contribution < -0.4 is 10.4 Å². The van der Waals surface area contributed by atoms with E-state index in [0.29, 0.717) is 0 Å². The molecule has 0 radical (unpaired) electrons. The third-order valence-electron chi connectivity index (χ3n) is 5.48. The van der Waals surface area contributed by atoms with E-state index >= 15 is 0 Å². The quantitative estimate of drug-likeness (QED) is 0.798. The largest absolute Gasteiger partial charge is 0.305 e. The lowest BCUT2D eigenvalue weighted by Gasteiger charge is -2.46. The van der Waals surface area contributed by atoms with Gasteiger partial charge in [-0.25, -0.2) is 0 Å². The molecule has 0 amide bonds. The minimum absolute atomic E-state index is 1.26. The predicted octanol–water partition coefficient (Wildman–Crippen LogP) is 2.43.